The molecule has 30 heavy (non-hydrogen) atoms. The van der Waals surface area contributed by atoms with Gasteiger partial charge in [0.25, 0.3) is 0 Å². The highest BCUT2D eigenvalue weighted by atomic mass is 16.5. The van der Waals surface area contributed by atoms with Crippen LogP contribution in [0.3, 0.4) is 0 Å². The van der Waals surface area contributed by atoms with Crippen molar-refractivity contribution >= 4 is 0 Å². The Morgan fingerprint density at radius 1 is 1.07 bits per heavy atom. The Kier molecular flexibility index (Phi) is 4.64. The highest BCUT2D eigenvalue weighted by Crippen LogP contribution is 2.45. The molecule has 1 atom stereocenters. The van der Waals surface area contributed by atoms with Gasteiger partial charge in [-0.1, -0.05) is 42.5 Å². The molecular weight excluding hydrogens is 376 g/mol. The predicted molar refractivity (Wildman–Crippen MR) is 113 cm³/mol. The largest absolute Gasteiger partial charge is 0.490 e. The summed E-state index contributed by atoms with van der Waals surface area (Å²) in [5, 5.41) is 17.2. The van der Waals surface area contributed by atoms with Gasteiger partial charge in [0, 0.05) is 0 Å². The number of rotatable bonds is 4. The molecule has 0 bridgehead atoms. The lowest BCUT2D eigenvalue weighted by Crippen LogP contribution is -2.21. The lowest BCUT2D eigenvalue weighted by molar-refractivity contribution is 0.210. The number of H-pyrrole nitrogens is 1. The number of ether oxygens (including phenoxy) is 2. The molecule has 150 valence electrons. The van der Waals surface area contributed by atoms with Crippen LogP contribution in [0.15, 0.2) is 66.1 Å². The second kappa shape index (κ2) is 7.60. The molecule has 0 radical (unpaired) electrons. The zero-order valence-electron chi connectivity index (χ0n) is 16.5. The normalized spacial score (nSPS) is 18.6. The van der Waals surface area contributed by atoms with Crippen molar-refractivity contribution in [1.29, 1.82) is 5.26 Å². The number of fused-ring (bicyclic) bond motifs is 1. The maximum absolute atomic E-state index is 9.84. The zero-order valence-corrected chi connectivity index (χ0v) is 16.5. The van der Waals surface area contributed by atoms with Gasteiger partial charge in [-0.25, -0.2) is 0 Å². The van der Waals surface area contributed by atoms with E-state index >= 15 is 0 Å². The van der Waals surface area contributed by atoms with Crippen LogP contribution in [0.4, 0.5) is 0 Å². The summed E-state index contributed by atoms with van der Waals surface area (Å²) in [4.78, 5) is 0. The van der Waals surface area contributed by atoms with Crippen molar-refractivity contribution in [2.24, 2.45) is 5.73 Å². The third-order valence-corrected chi connectivity index (χ3v) is 5.82. The van der Waals surface area contributed by atoms with Crippen LogP contribution in [-0.4, -0.2) is 16.3 Å². The molecule has 6 heteroatoms. The summed E-state index contributed by atoms with van der Waals surface area (Å²) < 4.78 is 11.8. The number of benzene rings is 2. The Labute approximate surface area is 174 Å². The molecule has 1 aromatic heterocycles. The van der Waals surface area contributed by atoms with E-state index < -0.39 is 0 Å². The van der Waals surface area contributed by atoms with E-state index in [-0.39, 0.29) is 11.8 Å². The first kappa shape index (κ1) is 18.3. The fourth-order valence-electron chi connectivity index (χ4n) is 4.34. The van der Waals surface area contributed by atoms with Crippen molar-refractivity contribution in [2.45, 2.75) is 37.7 Å². The van der Waals surface area contributed by atoms with Gasteiger partial charge in [0.1, 0.15) is 17.4 Å². The molecule has 3 aromatic rings. The van der Waals surface area contributed by atoms with E-state index in [0.29, 0.717) is 17.6 Å². The molecular formula is C24H22N4O2. The molecule has 0 saturated heterocycles. The van der Waals surface area contributed by atoms with Crippen LogP contribution in [-0.2, 0) is 0 Å². The molecule has 1 saturated carbocycles. The topological polar surface area (TPSA) is 97.0 Å². The number of hydrogen-bond donors (Lipinski definition) is 2. The van der Waals surface area contributed by atoms with Crippen LogP contribution in [0.25, 0.3) is 11.3 Å². The Morgan fingerprint density at radius 3 is 2.50 bits per heavy atom. The summed E-state index contributed by atoms with van der Waals surface area (Å²) in [7, 11) is 0. The van der Waals surface area contributed by atoms with E-state index in [0.717, 1.165) is 41.0 Å². The fraction of sp³-hybridized carbons (Fsp3) is 0.250. The number of aromatic nitrogens is 2. The Bertz CT molecular complexity index is 1120. The van der Waals surface area contributed by atoms with Gasteiger partial charge in [-0.2, -0.15) is 5.26 Å². The highest BCUT2D eigenvalue weighted by molar-refractivity contribution is 5.70. The molecule has 5 rings (SSSR count). The minimum atomic E-state index is -0.367. The van der Waals surface area contributed by atoms with Crippen molar-refractivity contribution in [3.63, 3.8) is 0 Å². The second-order valence-electron chi connectivity index (χ2n) is 7.70. The molecule has 2 heterocycles. The maximum Gasteiger partial charge on any atom is 0.244 e. The zero-order chi connectivity index (χ0) is 20.5. The van der Waals surface area contributed by atoms with Gasteiger partial charge in [-0.05, 0) is 48.9 Å². The third-order valence-electron chi connectivity index (χ3n) is 5.82. The number of hydrogen-bond acceptors (Lipinski definition) is 5. The summed E-state index contributed by atoms with van der Waals surface area (Å²) in [6.45, 7) is 0. The Balaban J connectivity index is 1.55. The smallest absolute Gasteiger partial charge is 0.244 e. The van der Waals surface area contributed by atoms with Crippen LogP contribution in [0, 0.1) is 11.3 Å². The standard InChI is InChI=1S/C24H22N4O2/c25-14-19-20(15-10-12-18(13-11-15)29-17-8-4-5-9-17)21-22(16-6-2-1-3-7-16)27-28-24(21)30-23(19)26/h1-3,6-7,10-13,17,20H,4-5,8-9,26H2,(H,27,28). The summed E-state index contributed by atoms with van der Waals surface area (Å²) in [6, 6.07) is 20.1. The average Bonchev–Trinajstić information content (AvgIpc) is 3.44. The summed E-state index contributed by atoms with van der Waals surface area (Å²) >= 11 is 0. The molecule has 0 amide bonds. The van der Waals surface area contributed by atoms with E-state index in [4.69, 9.17) is 15.2 Å². The first-order valence-electron chi connectivity index (χ1n) is 10.2. The van der Waals surface area contributed by atoms with Crippen molar-refractivity contribution in [2.75, 3.05) is 0 Å². The molecule has 2 aliphatic rings. The van der Waals surface area contributed by atoms with Gasteiger partial charge in [0.05, 0.1) is 23.3 Å². The molecule has 3 N–H and O–H groups in total. The maximum atomic E-state index is 9.84. The van der Waals surface area contributed by atoms with E-state index in [2.05, 4.69) is 16.3 Å². The minimum absolute atomic E-state index is 0.0902. The van der Waals surface area contributed by atoms with Gasteiger partial charge >= 0.3 is 0 Å². The van der Waals surface area contributed by atoms with Crippen LogP contribution in [0.1, 0.15) is 42.7 Å². The van der Waals surface area contributed by atoms with Gasteiger partial charge < -0.3 is 15.2 Å². The summed E-state index contributed by atoms with van der Waals surface area (Å²) in [6.07, 6.45) is 4.98. The van der Waals surface area contributed by atoms with Gasteiger partial charge in [0.2, 0.25) is 11.8 Å². The summed E-state index contributed by atoms with van der Waals surface area (Å²) in [5.74, 6) is 0.978. The van der Waals surface area contributed by atoms with E-state index in [1.807, 2.05) is 54.6 Å². The quantitative estimate of drug-likeness (QED) is 0.668. The molecule has 1 aliphatic carbocycles. The second-order valence-corrected chi connectivity index (χ2v) is 7.70. The number of aromatic amines is 1. The van der Waals surface area contributed by atoms with Crippen LogP contribution in [0.5, 0.6) is 11.6 Å². The summed E-state index contributed by atoms with van der Waals surface area (Å²) in [5.41, 5.74) is 10.0. The van der Waals surface area contributed by atoms with Crippen LogP contribution < -0.4 is 15.2 Å². The molecule has 1 fully saturated rings. The Morgan fingerprint density at radius 2 is 1.80 bits per heavy atom. The minimum Gasteiger partial charge on any atom is -0.490 e. The first-order valence-corrected chi connectivity index (χ1v) is 10.2. The van der Waals surface area contributed by atoms with Crippen LogP contribution >= 0.6 is 0 Å². The number of allylic oxidation sites excluding steroid dienone is 1. The first-order chi connectivity index (χ1) is 14.7. The number of nitrogens with two attached hydrogens (primary N) is 1. The number of nitriles is 1. The average molecular weight is 398 g/mol. The van der Waals surface area contributed by atoms with Crippen molar-refractivity contribution in [3.05, 3.63) is 77.2 Å². The Hall–Kier alpha value is -3.72. The molecule has 6 nitrogen and oxygen atoms in total. The van der Waals surface area contributed by atoms with Gasteiger partial charge in [0.15, 0.2) is 0 Å². The van der Waals surface area contributed by atoms with E-state index in [1.165, 1.54) is 12.8 Å². The van der Waals surface area contributed by atoms with Gasteiger partial charge in [-0.15, -0.1) is 5.10 Å². The monoisotopic (exact) mass is 398 g/mol. The van der Waals surface area contributed by atoms with Crippen LogP contribution in [0.2, 0.25) is 0 Å². The van der Waals surface area contributed by atoms with Gasteiger partial charge in [-0.3, -0.25) is 5.10 Å². The molecule has 0 spiro atoms. The molecule has 1 aliphatic heterocycles. The third kappa shape index (κ3) is 3.18. The predicted octanol–water partition coefficient (Wildman–Crippen LogP) is 4.62. The van der Waals surface area contributed by atoms with Crippen molar-refractivity contribution < 1.29 is 9.47 Å². The lowest BCUT2D eigenvalue weighted by Gasteiger charge is -2.24. The van der Waals surface area contributed by atoms with E-state index in [9.17, 15) is 5.26 Å². The fourth-order valence-corrected chi connectivity index (χ4v) is 4.34. The SMILES string of the molecule is N#CC1=C(N)Oc2n[nH]c(-c3ccccc3)c2C1c1ccc(OC2CCCC2)cc1. The number of nitrogens with one attached hydrogen (secondary N) is 1. The molecule has 2 aromatic carbocycles. The van der Waals surface area contributed by atoms with Crippen molar-refractivity contribution in [3.8, 4) is 29.0 Å². The highest BCUT2D eigenvalue weighted by Gasteiger charge is 2.35. The number of nitrogens with zero attached hydrogens (tertiary/aromatic N) is 2. The van der Waals surface area contributed by atoms with E-state index in [1.54, 1.807) is 0 Å². The lowest BCUT2D eigenvalue weighted by atomic mass is 9.83. The van der Waals surface area contributed by atoms with Crippen molar-refractivity contribution in [1.82, 2.24) is 10.2 Å². The molecule has 1 unspecified atom stereocenters.